The van der Waals surface area contributed by atoms with Crippen LogP contribution < -0.4 is 4.74 Å². The molecule has 0 aliphatic rings. The molecule has 0 amide bonds. The second-order valence-corrected chi connectivity index (χ2v) is 4.68. The number of hydrogen-bond donors (Lipinski definition) is 0. The van der Waals surface area contributed by atoms with E-state index < -0.39 is 0 Å². The van der Waals surface area contributed by atoms with Crippen LogP contribution in [0.3, 0.4) is 0 Å². The first kappa shape index (κ1) is 13.1. The topological polar surface area (TPSA) is 25.4 Å². The molecule has 0 atom stereocenters. The molecule has 2 rings (SSSR count). The lowest BCUT2D eigenvalue weighted by molar-refractivity contribution is 0.263. The van der Waals surface area contributed by atoms with E-state index in [1.165, 1.54) is 0 Å². The number of halogens is 1. The average Bonchev–Trinajstić information content (AvgIpc) is 2.38. The first-order chi connectivity index (χ1) is 8.70. The van der Waals surface area contributed by atoms with Crippen LogP contribution >= 0.6 is 11.6 Å². The maximum atomic E-state index is 5.86. The lowest BCUT2D eigenvalue weighted by Crippen LogP contribution is -2.19. The fraction of sp³-hybridized carbons (Fsp3) is 0.357. The lowest BCUT2D eigenvalue weighted by Gasteiger charge is -2.13. The highest BCUT2D eigenvalue weighted by Crippen LogP contribution is 2.25. The van der Waals surface area contributed by atoms with E-state index in [1.807, 2.05) is 44.4 Å². The maximum absolute atomic E-state index is 5.86. The third kappa shape index (κ3) is 3.12. The van der Waals surface area contributed by atoms with Gasteiger partial charge in [-0.2, -0.15) is 0 Å². The summed E-state index contributed by atoms with van der Waals surface area (Å²) >= 11 is 5.86. The van der Waals surface area contributed by atoms with Gasteiger partial charge in [-0.3, -0.25) is 4.98 Å². The first-order valence-corrected chi connectivity index (χ1v) is 6.46. The number of aromatic nitrogens is 1. The normalized spacial score (nSPS) is 11.1. The van der Waals surface area contributed by atoms with Crippen molar-refractivity contribution < 1.29 is 4.74 Å². The van der Waals surface area contributed by atoms with E-state index in [4.69, 9.17) is 16.3 Å². The summed E-state index contributed by atoms with van der Waals surface area (Å²) in [6.45, 7) is 1.54. The third-order valence-corrected chi connectivity index (χ3v) is 2.94. The number of rotatable bonds is 5. The first-order valence-electron chi connectivity index (χ1n) is 5.93. The van der Waals surface area contributed by atoms with Crippen molar-refractivity contribution in [2.45, 2.75) is 5.88 Å². The van der Waals surface area contributed by atoms with Gasteiger partial charge < -0.3 is 9.64 Å². The molecule has 0 saturated carbocycles. The van der Waals surface area contributed by atoms with Gasteiger partial charge in [0.05, 0.1) is 17.1 Å². The number of fused-ring (bicyclic) bond motifs is 1. The molecule has 18 heavy (non-hydrogen) atoms. The number of likely N-dealkylation sites (N-methyl/N-ethyl adjacent to an activating group) is 1. The summed E-state index contributed by atoms with van der Waals surface area (Å²) in [5.41, 5.74) is 1.77. The molecule has 0 aliphatic carbocycles. The third-order valence-electron chi connectivity index (χ3n) is 2.66. The summed E-state index contributed by atoms with van der Waals surface area (Å²) < 4.78 is 5.83. The minimum absolute atomic E-state index is 0.398. The summed E-state index contributed by atoms with van der Waals surface area (Å²) in [7, 11) is 4.05. The zero-order valence-electron chi connectivity index (χ0n) is 10.7. The van der Waals surface area contributed by atoms with E-state index in [-0.39, 0.29) is 0 Å². The molecule has 0 aliphatic heterocycles. The number of alkyl halides is 1. The van der Waals surface area contributed by atoms with Crippen molar-refractivity contribution in [2.24, 2.45) is 0 Å². The van der Waals surface area contributed by atoms with E-state index in [9.17, 15) is 0 Å². The number of benzene rings is 1. The van der Waals surface area contributed by atoms with E-state index in [1.54, 1.807) is 0 Å². The highest BCUT2D eigenvalue weighted by atomic mass is 35.5. The van der Waals surface area contributed by atoms with Crippen LogP contribution in [-0.2, 0) is 5.88 Å². The molecular formula is C14H17ClN2O. The smallest absolute Gasteiger partial charge is 0.130 e. The summed E-state index contributed by atoms with van der Waals surface area (Å²) in [4.78, 5) is 6.56. The molecule has 0 saturated heterocycles. The summed E-state index contributed by atoms with van der Waals surface area (Å²) in [6.07, 6.45) is 0. The van der Waals surface area contributed by atoms with Crippen LogP contribution in [0.25, 0.3) is 10.9 Å². The zero-order valence-corrected chi connectivity index (χ0v) is 11.4. The van der Waals surface area contributed by atoms with Gasteiger partial charge in [0.15, 0.2) is 0 Å². The van der Waals surface area contributed by atoms with Crippen LogP contribution in [0.5, 0.6) is 5.75 Å². The van der Waals surface area contributed by atoms with Crippen molar-refractivity contribution in [3.8, 4) is 5.75 Å². The predicted octanol–water partition coefficient (Wildman–Crippen LogP) is 2.91. The van der Waals surface area contributed by atoms with Crippen LogP contribution in [0.1, 0.15) is 5.69 Å². The van der Waals surface area contributed by atoms with Gasteiger partial charge in [0, 0.05) is 18.0 Å². The molecule has 4 heteroatoms. The summed E-state index contributed by atoms with van der Waals surface area (Å²) in [5, 5.41) is 1.03. The quantitative estimate of drug-likeness (QED) is 0.777. The van der Waals surface area contributed by atoms with Crippen LogP contribution in [0.2, 0.25) is 0 Å². The molecule has 96 valence electrons. The molecule has 0 fully saturated rings. The van der Waals surface area contributed by atoms with Gasteiger partial charge in [-0.25, -0.2) is 0 Å². The molecule has 1 aromatic carbocycles. The standard InChI is InChI=1S/C14H17ClN2O/c1-17(2)7-8-18-14-9-11(10-15)16-13-6-4-3-5-12(13)14/h3-6,9H,7-8,10H2,1-2H3. The molecule has 0 N–H and O–H groups in total. The molecule has 1 aromatic heterocycles. The van der Waals surface area contributed by atoms with Gasteiger partial charge in [-0.1, -0.05) is 12.1 Å². The molecule has 2 aromatic rings. The van der Waals surface area contributed by atoms with Gasteiger partial charge in [-0.15, -0.1) is 11.6 Å². The van der Waals surface area contributed by atoms with E-state index in [0.717, 1.165) is 28.9 Å². The van der Waals surface area contributed by atoms with E-state index >= 15 is 0 Å². The van der Waals surface area contributed by atoms with E-state index in [2.05, 4.69) is 9.88 Å². The van der Waals surface area contributed by atoms with Crippen LogP contribution in [-0.4, -0.2) is 37.1 Å². The SMILES string of the molecule is CN(C)CCOc1cc(CCl)nc2ccccc12. The van der Waals surface area contributed by atoms with E-state index in [0.29, 0.717) is 12.5 Å². The number of hydrogen-bond acceptors (Lipinski definition) is 3. The van der Waals surface area contributed by atoms with Crippen LogP contribution in [0.4, 0.5) is 0 Å². The van der Waals surface area contributed by atoms with Crippen LogP contribution in [0, 0.1) is 0 Å². The number of ether oxygens (including phenoxy) is 1. The summed E-state index contributed by atoms with van der Waals surface area (Å²) in [5.74, 6) is 1.26. The van der Waals surface area contributed by atoms with Gasteiger partial charge >= 0.3 is 0 Å². The van der Waals surface area contributed by atoms with Crippen molar-refractivity contribution >= 4 is 22.5 Å². The Morgan fingerprint density at radius 1 is 1.28 bits per heavy atom. The van der Waals surface area contributed by atoms with Gasteiger partial charge in [0.1, 0.15) is 12.4 Å². The van der Waals surface area contributed by atoms with Crippen molar-refractivity contribution in [3.05, 3.63) is 36.0 Å². The number of pyridine rings is 1. The number of para-hydroxylation sites is 1. The Kier molecular flexibility index (Phi) is 4.39. The van der Waals surface area contributed by atoms with Crippen molar-refractivity contribution in [3.63, 3.8) is 0 Å². The molecule has 0 spiro atoms. The van der Waals surface area contributed by atoms with Gasteiger partial charge in [-0.05, 0) is 26.2 Å². The number of nitrogens with zero attached hydrogens (tertiary/aromatic N) is 2. The zero-order chi connectivity index (χ0) is 13.0. The minimum Gasteiger partial charge on any atom is -0.491 e. The summed E-state index contributed by atoms with van der Waals surface area (Å²) in [6, 6.07) is 9.88. The Labute approximate surface area is 112 Å². The minimum atomic E-state index is 0.398. The van der Waals surface area contributed by atoms with Crippen molar-refractivity contribution in [2.75, 3.05) is 27.2 Å². The fourth-order valence-electron chi connectivity index (χ4n) is 1.72. The highest BCUT2D eigenvalue weighted by Gasteiger charge is 2.06. The fourth-order valence-corrected chi connectivity index (χ4v) is 1.86. The predicted molar refractivity (Wildman–Crippen MR) is 75.3 cm³/mol. The highest BCUT2D eigenvalue weighted by molar-refractivity contribution is 6.17. The Balaban J connectivity index is 2.29. The largest absolute Gasteiger partial charge is 0.491 e. The Morgan fingerprint density at radius 3 is 2.78 bits per heavy atom. The molecular weight excluding hydrogens is 248 g/mol. The monoisotopic (exact) mass is 264 g/mol. The van der Waals surface area contributed by atoms with Crippen molar-refractivity contribution in [1.29, 1.82) is 0 Å². The van der Waals surface area contributed by atoms with Gasteiger partial charge in [0.2, 0.25) is 0 Å². The second kappa shape index (κ2) is 6.03. The average molecular weight is 265 g/mol. The molecule has 0 bridgehead atoms. The lowest BCUT2D eigenvalue weighted by atomic mass is 10.2. The molecule has 1 heterocycles. The molecule has 0 radical (unpaired) electrons. The Hall–Kier alpha value is -1.32. The van der Waals surface area contributed by atoms with Gasteiger partial charge in [0.25, 0.3) is 0 Å². The maximum Gasteiger partial charge on any atom is 0.130 e. The second-order valence-electron chi connectivity index (χ2n) is 4.41. The Morgan fingerprint density at radius 2 is 2.06 bits per heavy atom. The molecule has 0 unspecified atom stereocenters. The Bertz CT molecular complexity index is 528. The molecule has 3 nitrogen and oxygen atoms in total. The van der Waals surface area contributed by atoms with Crippen molar-refractivity contribution in [1.82, 2.24) is 9.88 Å². The van der Waals surface area contributed by atoms with Crippen LogP contribution in [0.15, 0.2) is 30.3 Å².